The topological polar surface area (TPSA) is 21.7 Å². The number of hydrogen-bond donors (Lipinski definition) is 0. The lowest BCUT2D eigenvalue weighted by molar-refractivity contribution is 0.111. The summed E-state index contributed by atoms with van der Waals surface area (Å²) in [6.07, 6.45) is 4.79. The van der Waals surface area contributed by atoms with E-state index in [4.69, 9.17) is 9.47 Å². The third-order valence-electron chi connectivity index (χ3n) is 4.54. The molecular weight excluding hydrogens is 286 g/mol. The average Bonchev–Trinajstić information content (AvgIpc) is 3.07. The van der Waals surface area contributed by atoms with Gasteiger partial charge < -0.3 is 9.47 Å². The highest BCUT2D eigenvalue weighted by atomic mass is 16.5. The maximum absolute atomic E-state index is 5.91. The molecule has 2 aromatic carbocycles. The summed E-state index contributed by atoms with van der Waals surface area (Å²) < 4.78 is 11.2. The first kappa shape index (κ1) is 15.9. The lowest BCUT2D eigenvalue weighted by Crippen LogP contribution is -2.33. The molecule has 1 aliphatic heterocycles. The SMILES string of the molecule is COc1cccc(CCC2CCCN2COc2ccccc2)c1. The van der Waals surface area contributed by atoms with Crippen molar-refractivity contribution in [2.24, 2.45) is 0 Å². The predicted molar refractivity (Wildman–Crippen MR) is 93.0 cm³/mol. The molecule has 0 amide bonds. The highest BCUT2D eigenvalue weighted by Crippen LogP contribution is 2.23. The summed E-state index contributed by atoms with van der Waals surface area (Å²) in [7, 11) is 1.72. The van der Waals surface area contributed by atoms with Gasteiger partial charge in [0, 0.05) is 12.6 Å². The first-order valence-corrected chi connectivity index (χ1v) is 8.40. The lowest BCUT2D eigenvalue weighted by atomic mass is 10.0. The van der Waals surface area contributed by atoms with Gasteiger partial charge in [-0.3, -0.25) is 4.90 Å². The van der Waals surface area contributed by atoms with E-state index < -0.39 is 0 Å². The van der Waals surface area contributed by atoms with E-state index in [1.165, 1.54) is 24.8 Å². The number of benzene rings is 2. The Balaban J connectivity index is 1.50. The summed E-state index contributed by atoms with van der Waals surface area (Å²) in [6.45, 7) is 1.82. The molecule has 0 radical (unpaired) electrons. The maximum atomic E-state index is 5.91. The second kappa shape index (κ2) is 8.02. The molecule has 2 aromatic rings. The molecule has 1 heterocycles. The van der Waals surface area contributed by atoms with Crippen molar-refractivity contribution < 1.29 is 9.47 Å². The van der Waals surface area contributed by atoms with Crippen molar-refractivity contribution in [1.82, 2.24) is 4.90 Å². The zero-order valence-corrected chi connectivity index (χ0v) is 13.8. The molecule has 0 spiro atoms. The monoisotopic (exact) mass is 311 g/mol. The van der Waals surface area contributed by atoms with Crippen LogP contribution >= 0.6 is 0 Å². The van der Waals surface area contributed by atoms with Crippen LogP contribution in [0.1, 0.15) is 24.8 Å². The maximum Gasteiger partial charge on any atom is 0.142 e. The third kappa shape index (κ3) is 4.49. The van der Waals surface area contributed by atoms with Crippen LogP contribution in [0.3, 0.4) is 0 Å². The summed E-state index contributed by atoms with van der Waals surface area (Å²) in [5, 5.41) is 0. The summed E-state index contributed by atoms with van der Waals surface area (Å²) in [5.41, 5.74) is 1.35. The van der Waals surface area contributed by atoms with Gasteiger partial charge in [0.25, 0.3) is 0 Å². The van der Waals surface area contributed by atoms with Crippen LogP contribution in [-0.4, -0.2) is 31.3 Å². The summed E-state index contributed by atoms with van der Waals surface area (Å²) in [4.78, 5) is 2.47. The van der Waals surface area contributed by atoms with E-state index in [-0.39, 0.29) is 0 Å². The standard InChI is InChI=1S/C20H25NO2/c1-22-20-11-5-7-17(15-20)12-13-18-8-6-14-21(18)16-23-19-9-3-2-4-10-19/h2-5,7,9-11,15,18H,6,8,12-14,16H2,1H3. The smallest absolute Gasteiger partial charge is 0.142 e. The fraction of sp³-hybridized carbons (Fsp3) is 0.400. The summed E-state index contributed by atoms with van der Waals surface area (Å²) in [6, 6.07) is 19.1. The molecule has 3 nitrogen and oxygen atoms in total. The Morgan fingerprint density at radius 2 is 1.87 bits per heavy atom. The minimum atomic E-state index is 0.616. The summed E-state index contributed by atoms with van der Waals surface area (Å²) >= 11 is 0. The number of ether oxygens (including phenoxy) is 2. The molecule has 3 heteroatoms. The van der Waals surface area contributed by atoms with Crippen LogP contribution in [0.25, 0.3) is 0 Å². The van der Waals surface area contributed by atoms with Crippen LogP contribution in [-0.2, 0) is 6.42 Å². The van der Waals surface area contributed by atoms with Gasteiger partial charge in [-0.15, -0.1) is 0 Å². The van der Waals surface area contributed by atoms with Crippen molar-refractivity contribution in [1.29, 1.82) is 0 Å². The van der Waals surface area contributed by atoms with Crippen LogP contribution in [0.2, 0.25) is 0 Å². The number of para-hydroxylation sites is 1. The molecule has 1 saturated heterocycles. The van der Waals surface area contributed by atoms with Crippen molar-refractivity contribution in [2.75, 3.05) is 20.4 Å². The zero-order valence-electron chi connectivity index (χ0n) is 13.8. The number of hydrogen-bond acceptors (Lipinski definition) is 3. The van der Waals surface area contributed by atoms with E-state index in [1.54, 1.807) is 7.11 Å². The predicted octanol–water partition coefficient (Wildman–Crippen LogP) is 4.13. The van der Waals surface area contributed by atoms with Gasteiger partial charge in [-0.2, -0.15) is 0 Å². The van der Waals surface area contributed by atoms with E-state index in [0.717, 1.165) is 24.5 Å². The van der Waals surface area contributed by atoms with Crippen LogP contribution < -0.4 is 9.47 Å². The van der Waals surface area contributed by atoms with Crippen LogP contribution in [0.4, 0.5) is 0 Å². The second-order valence-corrected chi connectivity index (χ2v) is 6.09. The molecule has 0 aliphatic carbocycles. The number of likely N-dealkylation sites (tertiary alicyclic amines) is 1. The molecule has 1 aliphatic rings. The number of nitrogens with zero attached hydrogens (tertiary/aromatic N) is 1. The Kier molecular flexibility index (Phi) is 5.54. The number of aryl methyl sites for hydroxylation is 1. The lowest BCUT2D eigenvalue weighted by Gasteiger charge is -2.24. The van der Waals surface area contributed by atoms with Gasteiger partial charge >= 0.3 is 0 Å². The van der Waals surface area contributed by atoms with E-state index in [2.05, 4.69) is 23.1 Å². The van der Waals surface area contributed by atoms with Crippen molar-refractivity contribution in [2.45, 2.75) is 31.7 Å². The molecule has 0 aromatic heterocycles. The van der Waals surface area contributed by atoms with E-state index in [9.17, 15) is 0 Å². The molecule has 0 saturated carbocycles. The Bertz CT molecular complexity index is 600. The number of methoxy groups -OCH3 is 1. The van der Waals surface area contributed by atoms with Crippen molar-refractivity contribution in [3.05, 3.63) is 60.2 Å². The first-order chi connectivity index (χ1) is 11.3. The fourth-order valence-corrected chi connectivity index (χ4v) is 3.23. The van der Waals surface area contributed by atoms with Gasteiger partial charge in [0.1, 0.15) is 18.2 Å². The van der Waals surface area contributed by atoms with Gasteiger partial charge in [-0.1, -0.05) is 30.3 Å². The molecule has 122 valence electrons. The molecular formula is C20H25NO2. The first-order valence-electron chi connectivity index (χ1n) is 8.40. The van der Waals surface area contributed by atoms with E-state index >= 15 is 0 Å². The quantitative estimate of drug-likeness (QED) is 0.767. The molecule has 1 fully saturated rings. The molecule has 0 N–H and O–H groups in total. The Hall–Kier alpha value is -2.00. The van der Waals surface area contributed by atoms with Gasteiger partial charge in [-0.25, -0.2) is 0 Å². The van der Waals surface area contributed by atoms with Gasteiger partial charge in [0.2, 0.25) is 0 Å². The van der Waals surface area contributed by atoms with E-state index in [1.807, 2.05) is 36.4 Å². The van der Waals surface area contributed by atoms with E-state index in [0.29, 0.717) is 12.8 Å². The Labute approximate surface area is 138 Å². The zero-order chi connectivity index (χ0) is 15.9. The highest BCUT2D eigenvalue weighted by Gasteiger charge is 2.24. The van der Waals surface area contributed by atoms with Crippen LogP contribution in [0.5, 0.6) is 11.5 Å². The minimum Gasteiger partial charge on any atom is -0.497 e. The summed E-state index contributed by atoms with van der Waals surface area (Å²) in [5.74, 6) is 1.89. The van der Waals surface area contributed by atoms with Crippen LogP contribution in [0, 0.1) is 0 Å². The molecule has 1 unspecified atom stereocenters. The molecule has 0 bridgehead atoms. The minimum absolute atomic E-state index is 0.616. The Morgan fingerprint density at radius 3 is 2.70 bits per heavy atom. The fourth-order valence-electron chi connectivity index (χ4n) is 3.23. The van der Waals surface area contributed by atoms with Gasteiger partial charge in [0.15, 0.2) is 0 Å². The van der Waals surface area contributed by atoms with Gasteiger partial charge in [-0.05, 0) is 55.5 Å². The van der Waals surface area contributed by atoms with Crippen molar-refractivity contribution in [3.63, 3.8) is 0 Å². The second-order valence-electron chi connectivity index (χ2n) is 6.09. The third-order valence-corrected chi connectivity index (χ3v) is 4.54. The number of rotatable bonds is 7. The van der Waals surface area contributed by atoms with Gasteiger partial charge in [0.05, 0.1) is 7.11 Å². The van der Waals surface area contributed by atoms with Crippen molar-refractivity contribution >= 4 is 0 Å². The normalized spacial score (nSPS) is 18.0. The average molecular weight is 311 g/mol. The van der Waals surface area contributed by atoms with Crippen molar-refractivity contribution in [3.8, 4) is 11.5 Å². The Morgan fingerprint density at radius 1 is 1.04 bits per heavy atom. The largest absolute Gasteiger partial charge is 0.497 e. The molecule has 23 heavy (non-hydrogen) atoms. The van der Waals surface area contributed by atoms with Crippen LogP contribution in [0.15, 0.2) is 54.6 Å². The highest BCUT2D eigenvalue weighted by molar-refractivity contribution is 5.28. The molecule has 3 rings (SSSR count). The molecule has 1 atom stereocenters.